The van der Waals surface area contributed by atoms with E-state index in [0.717, 1.165) is 75.9 Å². The molecular formula is C85H111ClN12O20S4. The van der Waals surface area contributed by atoms with Crippen molar-refractivity contribution in [3.8, 4) is 11.5 Å². The SMILES string of the molecule is COc1cc2cc(c1Cl)N(C)C(=O)C[C@H](OC(=O)[C@H](C)N(C)C(=O)CCSSC[C@H](NC(=O)[C@@H]1CSSC[C@H](NC(=O)[C@H](N)Cc3ccccc3)C(=O)C[C@@H](Cc3ccc(O)cc3)C(=O)N[C@H](CC3=CCc4ccccc43)C(=O)N[C@@H](CCCCN)C(=O)N[C@@H]([C@@H](C)O)C(=O)N1)C(N)=O)[C@]1(C)O[C@H]1[C@H](C)[C@@H]1C[C@@](O)(NC(=O)O1)[C@H](OC)/C=C/C=C(\C)C2. The first-order chi connectivity index (χ1) is 58.0. The average Bonchev–Trinajstić information content (AvgIpc) is 1.57. The number of carbonyl (C=O) groups excluding carboxylic acids is 12. The number of aliphatic hydroxyl groups excluding tert-OH is 1. The van der Waals surface area contributed by atoms with E-state index in [9.17, 15) is 58.5 Å². The predicted molar refractivity (Wildman–Crippen MR) is 467 cm³/mol. The van der Waals surface area contributed by atoms with Crippen LogP contribution in [0.4, 0.5) is 10.5 Å². The molecule has 0 radical (unpaired) electrons. The van der Waals surface area contributed by atoms with E-state index in [1.807, 2.05) is 43.3 Å². The van der Waals surface area contributed by atoms with Gasteiger partial charge >= 0.3 is 12.1 Å². The summed E-state index contributed by atoms with van der Waals surface area (Å²) in [5.41, 5.74) is 20.6. The standard InChI is InChI=1S/C85H111ClN12O20S4/c1-46-18-17-24-68(115-9)85(113)42-67(116-83(112)96-85)47(2)74-84(5,118-74)69(41-71(103)98(7)64-37-52(34-46)38-66(114-8)72(64)86)117-82(111)48(3)97(6)70(102)31-33-119-120-44-62(75(89)104)93-80(109)63-45-122-121-43-61(92-77(106)58(88)36-50-19-11-10-12-20-50)65(101)40-55(35-51-25-29-56(100)30-26-51)76(105)91-60(39-54-28-27-53-21-13-14-22-57(53)54)79(108)90-59(23-15-16-32-87)78(107)95-73(49(4)99)81(110)94-63/h10-14,17-22,24-26,28-30,37-38,47-49,55,58-63,67-69,73-74,99-100,113H,15-16,23,27,31-36,39-45,87-88H2,1-9H3,(H2,89,104)(H,90,108)(H,91,105)(H,92,106)(H,93,109)(H,94,110)(H,95,107)(H,96,112)/b24-17+,46-18+/t47-,48+,49-,55-,58-,59+,60-,61+,62+,63+,67+,68-,69+,73+,74+,84+,85+/m1/s1. The maximum atomic E-state index is 15.1. The molecule has 3 fully saturated rings. The number of nitrogens with one attached hydrogen (secondary N) is 7. The van der Waals surface area contributed by atoms with Crippen LogP contribution in [-0.4, -0.2) is 239 Å². The number of nitrogens with two attached hydrogens (primary N) is 3. The lowest BCUT2D eigenvalue weighted by Crippen LogP contribution is -2.63. The van der Waals surface area contributed by atoms with E-state index in [2.05, 4.69) is 37.2 Å². The largest absolute Gasteiger partial charge is 0.508 e. The van der Waals surface area contributed by atoms with Gasteiger partial charge in [0.2, 0.25) is 53.2 Å². The Balaban J connectivity index is 0.909. The third-order valence-corrected chi connectivity index (χ3v) is 27.5. The molecule has 662 valence electrons. The summed E-state index contributed by atoms with van der Waals surface area (Å²) >= 11 is 6.89. The maximum absolute atomic E-state index is 15.1. The molecule has 32 nitrogen and oxygen atoms in total. The summed E-state index contributed by atoms with van der Waals surface area (Å²) in [5, 5.41) is 52.5. The first-order valence-corrected chi connectivity index (χ1v) is 45.6. The van der Waals surface area contributed by atoms with Gasteiger partial charge in [-0.15, -0.1) is 0 Å². The average molecular weight is 1780 g/mol. The van der Waals surface area contributed by atoms with E-state index in [4.69, 9.17) is 52.5 Å². The lowest BCUT2D eigenvalue weighted by molar-refractivity contribution is -0.162. The Bertz CT molecular complexity index is 4530. The van der Waals surface area contributed by atoms with Crippen LogP contribution < -0.4 is 64.1 Å². The summed E-state index contributed by atoms with van der Waals surface area (Å²) in [7, 11) is 9.82. The minimum Gasteiger partial charge on any atom is -0.508 e. The normalized spacial score (nSPS) is 26.9. The Morgan fingerprint density at radius 2 is 1.56 bits per heavy atom. The third kappa shape index (κ3) is 26.2. The molecule has 10 amide bonds. The number of ketones is 1. The second-order valence-electron chi connectivity index (χ2n) is 31.4. The van der Waals surface area contributed by atoms with Crippen LogP contribution in [0, 0.1) is 11.8 Å². The van der Waals surface area contributed by atoms with E-state index in [1.165, 1.54) is 59.2 Å². The minimum absolute atomic E-state index is 0.0412. The van der Waals surface area contributed by atoms with Gasteiger partial charge in [-0.05, 0) is 137 Å². The molecule has 1 aliphatic carbocycles. The number of anilines is 1. The van der Waals surface area contributed by atoms with Crippen molar-refractivity contribution in [2.24, 2.45) is 29.0 Å². The fraction of sp³-hybridized carbons (Fsp3) is 0.506. The summed E-state index contributed by atoms with van der Waals surface area (Å²) in [5.74, 6) is -11.3. The van der Waals surface area contributed by atoms with E-state index in [-0.39, 0.29) is 96.7 Å². The molecule has 4 aromatic carbocycles. The monoisotopic (exact) mass is 1780 g/mol. The smallest absolute Gasteiger partial charge is 0.409 e. The zero-order valence-electron chi connectivity index (χ0n) is 69.6. The number of aromatic hydroxyl groups is 1. The Kier molecular flexibility index (Phi) is 35.6. The van der Waals surface area contributed by atoms with Crippen LogP contribution in [0.2, 0.25) is 5.02 Å². The zero-order valence-corrected chi connectivity index (χ0v) is 73.6. The van der Waals surface area contributed by atoms with E-state index < -0.39 is 186 Å². The number of Topliss-reactive ketones (excluding diaryl/α,β-unsaturated/α-hetero) is 1. The number of carbonyl (C=O) groups is 12. The molecule has 122 heavy (non-hydrogen) atoms. The molecule has 17 atom stereocenters. The number of hydrogen-bond acceptors (Lipinski definition) is 26. The number of halogens is 1. The molecule has 0 saturated carbocycles. The number of nitrogens with zero attached hydrogens (tertiary/aromatic N) is 2. The van der Waals surface area contributed by atoms with Crippen molar-refractivity contribution in [1.82, 2.24) is 42.1 Å². The number of methoxy groups -OCH3 is 2. The Hall–Kier alpha value is -9.21. The van der Waals surface area contributed by atoms with Gasteiger partial charge in [-0.1, -0.05) is 158 Å². The number of esters is 1. The van der Waals surface area contributed by atoms with E-state index in [0.29, 0.717) is 30.4 Å². The number of likely N-dealkylation sites (N-methyl/N-ethyl adjacent to an activating group) is 1. The van der Waals surface area contributed by atoms with Gasteiger partial charge in [-0.25, -0.2) is 9.59 Å². The Morgan fingerprint density at radius 3 is 2.25 bits per heavy atom. The van der Waals surface area contributed by atoms with Gasteiger partial charge in [0.1, 0.15) is 76.7 Å². The van der Waals surface area contributed by atoms with Gasteiger partial charge in [-0.2, -0.15) is 0 Å². The van der Waals surface area contributed by atoms with Crippen molar-refractivity contribution in [2.45, 2.75) is 202 Å². The second-order valence-corrected chi connectivity index (χ2v) is 36.9. The van der Waals surface area contributed by atoms with Crippen LogP contribution in [0.15, 0.2) is 121 Å². The summed E-state index contributed by atoms with van der Waals surface area (Å²) in [6.07, 6.45) is 0.347. The highest BCUT2D eigenvalue weighted by Crippen LogP contribution is 2.50. The summed E-state index contributed by atoms with van der Waals surface area (Å²) < 4.78 is 29.7. The molecular weight excluding hydrogens is 1670 g/mol. The number of rotatable bonds is 27. The molecule has 5 aliphatic rings. The molecule has 16 N–H and O–H groups in total. The number of aliphatic hydroxyl groups is 2. The number of alkyl carbamates (subject to hydrolysis) is 1. The predicted octanol–water partition coefficient (Wildman–Crippen LogP) is 4.71. The van der Waals surface area contributed by atoms with Crippen LogP contribution in [0.25, 0.3) is 5.57 Å². The molecule has 4 aromatic rings. The topological polar surface area (TPSA) is 484 Å². The maximum Gasteiger partial charge on any atom is 0.409 e. The molecule has 0 spiro atoms. The number of primary amides is 1. The van der Waals surface area contributed by atoms with Crippen molar-refractivity contribution in [3.63, 3.8) is 0 Å². The van der Waals surface area contributed by atoms with Gasteiger partial charge in [0.25, 0.3) is 0 Å². The number of amides is 10. The molecule has 0 aromatic heterocycles. The fourth-order valence-corrected chi connectivity index (χ4v) is 19.6. The summed E-state index contributed by atoms with van der Waals surface area (Å²) in [6, 6.07) is 14.4. The zero-order chi connectivity index (χ0) is 88.9. The third-order valence-electron chi connectivity index (χ3n) is 22.3. The Morgan fingerprint density at radius 1 is 0.861 bits per heavy atom. The van der Waals surface area contributed by atoms with Crippen molar-refractivity contribution in [3.05, 3.63) is 154 Å². The van der Waals surface area contributed by atoms with Crippen LogP contribution in [0.1, 0.15) is 114 Å². The van der Waals surface area contributed by atoms with Gasteiger partial charge in [0, 0.05) is 81.7 Å². The number of epoxide rings is 1. The van der Waals surface area contributed by atoms with Crippen molar-refractivity contribution >= 4 is 137 Å². The molecule has 3 saturated heterocycles. The molecule has 4 bridgehead atoms. The van der Waals surface area contributed by atoms with Crippen molar-refractivity contribution < 1.29 is 96.5 Å². The number of fused-ring (bicyclic) bond motifs is 6. The quantitative estimate of drug-likeness (QED) is 0.0166. The molecule has 37 heteroatoms. The second kappa shape index (κ2) is 44.9. The van der Waals surface area contributed by atoms with Crippen LogP contribution >= 0.6 is 54.8 Å². The van der Waals surface area contributed by atoms with Crippen LogP contribution in [-0.2, 0) is 97.4 Å². The Labute approximate surface area is 730 Å². The minimum atomic E-state index is -1.95. The lowest BCUT2D eigenvalue weighted by Gasteiger charge is -2.42. The number of phenols is 1. The van der Waals surface area contributed by atoms with Gasteiger partial charge in [-0.3, -0.25) is 53.3 Å². The van der Waals surface area contributed by atoms with Crippen molar-refractivity contribution in [2.75, 3.05) is 62.8 Å². The van der Waals surface area contributed by atoms with Gasteiger partial charge in [0.15, 0.2) is 11.5 Å². The lowest BCUT2D eigenvalue weighted by atomic mass is 9.83. The first kappa shape index (κ1) is 96.6. The first-order valence-electron chi connectivity index (χ1n) is 40.3. The number of hydrogen-bond donors (Lipinski definition) is 13. The van der Waals surface area contributed by atoms with Crippen molar-refractivity contribution in [1.29, 1.82) is 0 Å². The van der Waals surface area contributed by atoms with Crippen LogP contribution in [0.3, 0.4) is 0 Å². The number of benzene rings is 4. The fourth-order valence-electron chi connectivity index (χ4n) is 14.8. The highest BCUT2D eigenvalue weighted by atomic mass is 35.5. The number of allylic oxidation sites excluding steroid dienone is 4. The molecule has 4 heterocycles. The number of phenolic OH excluding ortho intramolecular Hbond substituents is 1. The molecule has 4 aliphatic heterocycles. The van der Waals surface area contributed by atoms with E-state index >= 15 is 14.4 Å². The number of unbranched alkanes of at least 4 members (excludes halogenated alkanes) is 1. The molecule has 9 rings (SSSR count). The highest BCUT2D eigenvalue weighted by molar-refractivity contribution is 8.77. The summed E-state index contributed by atoms with van der Waals surface area (Å²) in [4.78, 5) is 176. The highest BCUT2D eigenvalue weighted by Gasteiger charge is 2.65. The summed E-state index contributed by atoms with van der Waals surface area (Å²) in [6.45, 7) is 8.10. The van der Waals surface area contributed by atoms with Crippen LogP contribution in [0.5, 0.6) is 11.5 Å². The van der Waals surface area contributed by atoms with Gasteiger partial charge < -0.3 is 97.9 Å². The molecule has 0 unspecified atom stereocenters. The van der Waals surface area contributed by atoms with Gasteiger partial charge in [0.05, 0.1) is 43.5 Å². The van der Waals surface area contributed by atoms with E-state index in [1.54, 1.807) is 80.6 Å². The number of ether oxygens (including phenoxy) is 5.